The van der Waals surface area contributed by atoms with Crippen LogP contribution in [-0.2, 0) is 10.0 Å². The van der Waals surface area contributed by atoms with Crippen molar-refractivity contribution in [1.29, 1.82) is 0 Å². The van der Waals surface area contributed by atoms with Crippen molar-refractivity contribution in [2.75, 3.05) is 0 Å². The normalized spacial score (nSPS) is 27.1. The Morgan fingerprint density at radius 2 is 1.73 bits per heavy atom. The van der Waals surface area contributed by atoms with Gasteiger partial charge in [-0.2, -0.15) is 0 Å². The predicted octanol–water partition coefficient (Wildman–Crippen LogP) is 3.57. The minimum absolute atomic E-state index is 0.176. The Morgan fingerprint density at radius 1 is 1.14 bits per heavy atom. The monoisotopic (exact) mass is 319 g/mol. The molecule has 0 radical (unpaired) electrons. The first-order valence-electron chi connectivity index (χ1n) is 8.20. The second-order valence-electron chi connectivity index (χ2n) is 6.36. The molecule has 6 heteroatoms. The van der Waals surface area contributed by atoms with Crippen LogP contribution in [0.3, 0.4) is 0 Å². The van der Waals surface area contributed by atoms with Crippen molar-refractivity contribution in [3.63, 3.8) is 0 Å². The minimum Gasteiger partial charge on any atom is -0.278 e. The Labute approximate surface area is 133 Å². The van der Waals surface area contributed by atoms with Crippen LogP contribution in [0.15, 0.2) is 29.2 Å². The summed E-state index contributed by atoms with van der Waals surface area (Å²) in [6.45, 7) is 4.00. The van der Waals surface area contributed by atoms with Crippen LogP contribution < -0.4 is 0 Å². The van der Waals surface area contributed by atoms with Crippen LogP contribution in [-0.4, -0.2) is 25.4 Å². The zero-order chi connectivity index (χ0) is 15.9. The van der Waals surface area contributed by atoms with Crippen molar-refractivity contribution in [1.82, 2.24) is 4.22 Å². The maximum atomic E-state index is 12.9. The fourth-order valence-electron chi connectivity index (χ4n) is 4.14. The van der Waals surface area contributed by atoms with E-state index in [2.05, 4.69) is 13.8 Å². The van der Waals surface area contributed by atoms with E-state index in [9.17, 15) is 13.2 Å². The molecule has 1 aromatic carbocycles. The first kappa shape index (κ1) is 15.6. The Morgan fingerprint density at radius 3 is 2.27 bits per heavy atom. The molecule has 2 atom stereocenters. The Kier molecular flexibility index (Phi) is 4.06. The van der Waals surface area contributed by atoms with Crippen LogP contribution in [0, 0.1) is 0 Å². The quantitative estimate of drug-likeness (QED) is 0.800. The van der Waals surface area contributed by atoms with Gasteiger partial charge in [-0.15, -0.1) is 0 Å². The SMILES string of the molecule is CCC1CCCC(CC)B1N1C(=O)c2ccccc2S1(=O)=O. The van der Waals surface area contributed by atoms with E-state index in [4.69, 9.17) is 0 Å². The van der Waals surface area contributed by atoms with Crippen LogP contribution in [0.25, 0.3) is 0 Å². The molecule has 2 unspecified atom stereocenters. The lowest BCUT2D eigenvalue weighted by Gasteiger charge is -2.39. The zero-order valence-electron chi connectivity index (χ0n) is 13.2. The fraction of sp³-hybridized carbons (Fsp3) is 0.562. The summed E-state index contributed by atoms with van der Waals surface area (Å²) < 4.78 is 27.1. The van der Waals surface area contributed by atoms with Gasteiger partial charge in [0, 0.05) is 0 Å². The maximum absolute atomic E-state index is 12.9. The first-order chi connectivity index (χ1) is 10.5. The molecule has 2 heterocycles. The summed E-state index contributed by atoms with van der Waals surface area (Å²) in [5.74, 6) is 0.206. The number of carbonyl (C=O) groups is 1. The molecule has 3 rings (SSSR count). The van der Waals surface area contributed by atoms with E-state index in [1.54, 1.807) is 24.3 Å². The van der Waals surface area contributed by atoms with E-state index in [-0.39, 0.29) is 29.3 Å². The number of amides is 1. The molecular weight excluding hydrogens is 297 g/mol. The van der Waals surface area contributed by atoms with Crippen LogP contribution in [0.1, 0.15) is 56.3 Å². The smallest absolute Gasteiger partial charge is 0.278 e. The number of hydrogen-bond donors (Lipinski definition) is 0. The van der Waals surface area contributed by atoms with Crippen molar-refractivity contribution in [3.8, 4) is 0 Å². The molecule has 2 aliphatic rings. The van der Waals surface area contributed by atoms with E-state index in [1.165, 1.54) is 4.22 Å². The number of nitrogens with zero attached hydrogens (tertiary/aromatic N) is 1. The molecule has 0 saturated carbocycles. The highest BCUT2D eigenvalue weighted by Gasteiger charge is 2.51. The second kappa shape index (κ2) is 5.72. The molecule has 1 amide bonds. The number of fused-ring (bicyclic) bond motifs is 1. The van der Waals surface area contributed by atoms with Crippen LogP contribution in [0.2, 0.25) is 11.6 Å². The third kappa shape index (κ3) is 2.19. The van der Waals surface area contributed by atoms with Crippen LogP contribution >= 0.6 is 0 Å². The van der Waals surface area contributed by atoms with E-state index in [0.29, 0.717) is 5.56 Å². The van der Waals surface area contributed by atoms with Gasteiger partial charge in [0.15, 0.2) is 0 Å². The second-order valence-corrected chi connectivity index (χ2v) is 8.14. The van der Waals surface area contributed by atoms with Gasteiger partial charge in [0.2, 0.25) is 0 Å². The lowest BCUT2D eigenvalue weighted by molar-refractivity contribution is 0.0920. The van der Waals surface area contributed by atoms with Gasteiger partial charge in [0.25, 0.3) is 22.8 Å². The van der Waals surface area contributed by atoms with Crippen molar-refractivity contribution in [2.45, 2.75) is 62.5 Å². The van der Waals surface area contributed by atoms with Crippen molar-refractivity contribution in [3.05, 3.63) is 29.8 Å². The molecule has 0 N–H and O–H groups in total. The van der Waals surface area contributed by atoms with Gasteiger partial charge in [-0.05, 0) is 23.8 Å². The Bertz CT molecular complexity index is 676. The van der Waals surface area contributed by atoms with Crippen molar-refractivity contribution in [2.24, 2.45) is 0 Å². The average molecular weight is 319 g/mol. The van der Waals surface area contributed by atoms with E-state index >= 15 is 0 Å². The summed E-state index contributed by atoms with van der Waals surface area (Å²) in [4.78, 5) is 13.0. The average Bonchev–Trinajstić information content (AvgIpc) is 2.74. The number of sulfonamides is 1. The summed E-state index contributed by atoms with van der Waals surface area (Å²) >= 11 is 0. The molecular formula is C16H22BNO3S. The third-order valence-electron chi connectivity index (χ3n) is 5.29. The summed E-state index contributed by atoms with van der Waals surface area (Å²) in [5.41, 5.74) is 0.331. The molecule has 0 aromatic heterocycles. The van der Waals surface area contributed by atoms with Gasteiger partial charge in [-0.1, -0.05) is 58.1 Å². The van der Waals surface area contributed by atoms with Gasteiger partial charge in [-0.25, -0.2) is 8.42 Å². The van der Waals surface area contributed by atoms with Gasteiger partial charge < -0.3 is 0 Å². The highest BCUT2D eigenvalue weighted by atomic mass is 32.2. The standard InChI is InChI=1S/C16H22BNO3S/c1-3-12-8-7-9-13(4-2)17(12)18-16(19)14-10-5-6-11-15(14)22(18,20)21/h5-6,10-13H,3-4,7-9H2,1-2H3. The Hall–Kier alpha value is -1.30. The summed E-state index contributed by atoms with van der Waals surface area (Å²) in [5, 5.41) is 0. The number of hydrogen-bond acceptors (Lipinski definition) is 3. The highest BCUT2D eigenvalue weighted by molar-refractivity contribution is 7.91. The van der Waals surface area contributed by atoms with Crippen molar-refractivity contribution >= 4 is 22.8 Å². The van der Waals surface area contributed by atoms with Gasteiger partial charge in [0.1, 0.15) is 0 Å². The van der Waals surface area contributed by atoms with Gasteiger partial charge in [-0.3, -0.25) is 9.01 Å². The van der Waals surface area contributed by atoms with Crippen LogP contribution in [0.5, 0.6) is 0 Å². The zero-order valence-corrected chi connectivity index (χ0v) is 14.0. The fourth-order valence-corrected chi connectivity index (χ4v) is 6.02. The molecule has 0 aliphatic carbocycles. The summed E-state index contributed by atoms with van der Waals surface area (Å²) in [7, 11) is -3.70. The predicted molar refractivity (Wildman–Crippen MR) is 87.5 cm³/mol. The van der Waals surface area contributed by atoms with E-state index in [1.807, 2.05) is 0 Å². The van der Waals surface area contributed by atoms with E-state index < -0.39 is 10.0 Å². The molecule has 1 fully saturated rings. The minimum atomic E-state index is -3.70. The molecule has 118 valence electrons. The first-order valence-corrected chi connectivity index (χ1v) is 9.64. The molecule has 1 aromatic rings. The third-order valence-corrected chi connectivity index (χ3v) is 7.13. The number of benzene rings is 1. The molecule has 0 spiro atoms. The molecule has 0 bridgehead atoms. The van der Waals surface area contributed by atoms with Gasteiger partial charge in [0.05, 0.1) is 10.5 Å². The lowest BCUT2D eigenvalue weighted by atomic mass is 9.37. The van der Waals surface area contributed by atoms with E-state index in [0.717, 1.165) is 32.1 Å². The highest BCUT2D eigenvalue weighted by Crippen LogP contribution is 2.45. The molecule has 1 saturated heterocycles. The largest absolute Gasteiger partial charge is 0.284 e. The van der Waals surface area contributed by atoms with Crippen molar-refractivity contribution < 1.29 is 13.2 Å². The molecule has 4 nitrogen and oxygen atoms in total. The Balaban J connectivity index is 2.09. The number of rotatable bonds is 3. The summed E-state index contributed by atoms with van der Waals surface area (Å²) in [6.07, 6.45) is 4.97. The van der Waals surface area contributed by atoms with Crippen LogP contribution in [0.4, 0.5) is 0 Å². The number of carbonyl (C=O) groups excluding carboxylic acids is 1. The molecule has 2 aliphatic heterocycles. The molecule has 22 heavy (non-hydrogen) atoms. The maximum Gasteiger partial charge on any atom is 0.284 e. The topological polar surface area (TPSA) is 54.5 Å². The lowest BCUT2D eigenvalue weighted by Crippen LogP contribution is -2.50. The van der Waals surface area contributed by atoms with Gasteiger partial charge >= 0.3 is 0 Å². The summed E-state index contributed by atoms with van der Waals surface area (Å²) in [6, 6.07) is 6.58.